The Labute approximate surface area is 200 Å². The van der Waals surface area contributed by atoms with E-state index < -0.39 is 34.8 Å². The van der Waals surface area contributed by atoms with E-state index in [1.165, 1.54) is 10.8 Å². The Balaban J connectivity index is 1.79. The van der Waals surface area contributed by atoms with Gasteiger partial charge in [-0.25, -0.2) is 9.59 Å². The second-order valence-electron chi connectivity index (χ2n) is 10.2. The molecule has 180 valence electrons. The molecule has 4 rings (SSSR count). The number of fused-ring (bicyclic) bond motifs is 1. The highest BCUT2D eigenvalue weighted by Crippen LogP contribution is 2.62. The zero-order valence-corrected chi connectivity index (χ0v) is 20.6. The molecule has 6 atom stereocenters. The summed E-state index contributed by atoms with van der Waals surface area (Å²) in [5, 5.41) is 21.0. The molecule has 8 nitrogen and oxygen atoms in total. The Morgan fingerprint density at radius 1 is 1.33 bits per heavy atom. The number of carbonyl (C=O) groups excluding carboxylic acids is 1. The molecule has 2 saturated carbocycles. The minimum absolute atomic E-state index is 0.0541. The van der Waals surface area contributed by atoms with E-state index in [0.717, 1.165) is 24.8 Å². The molecular weight excluding hydrogens is 492 g/mol. The third kappa shape index (κ3) is 3.88. The highest BCUT2D eigenvalue weighted by Gasteiger charge is 2.58. The summed E-state index contributed by atoms with van der Waals surface area (Å²) in [5.41, 5.74) is -0.626. The number of aliphatic hydroxyl groups is 2. The molecule has 2 aliphatic carbocycles. The van der Waals surface area contributed by atoms with Crippen molar-refractivity contribution in [3.05, 3.63) is 55.3 Å². The first-order valence-electron chi connectivity index (χ1n) is 11.4. The van der Waals surface area contributed by atoms with Crippen LogP contribution in [0.15, 0.2) is 44.1 Å². The Morgan fingerprint density at radius 2 is 2.06 bits per heavy atom. The number of aromatic nitrogens is 2. The largest absolute Gasteiger partial charge is 0.458 e. The van der Waals surface area contributed by atoms with Gasteiger partial charge < -0.3 is 14.9 Å². The maximum Gasteiger partial charge on any atom is 0.336 e. The number of halogens is 1. The lowest BCUT2D eigenvalue weighted by atomic mass is 9.46. The van der Waals surface area contributed by atoms with Crippen molar-refractivity contribution in [1.29, 1.82) is 0 Å². The smallest absolute Gasteiger partial charge is 0.336 e. The SMILES string of the molecule is C=C1CCC2C(C)(CO)C(O)CCC2(C)C1CC(C1=CCOC1=O)n1cc(Br)c(=O)[nH]c1=O. The van der Waals surface area contributed by atoms with Crippen LogP contribution in [0.5, 0.6) is 0 Å². The van der Waals surface area contributed by atoms with Crippen molar-refractivity contribution in [3.63, 3.8) is 0 Å². The third-order valence-electron chi connectivity index (χ3n) is 8.52. The van der Waals surface area contributed by atoms with Gasteiger partial charge in [0.15, 0.2) is 0 Å². The van der Waals surface area contributed by atoms with Crippen molar-refractivity contribution in [2.75, 3.05) is 13.2 Å². The number of H-pyrrole nitrogens is 1. The zero-order valence-electron chi connectivity index (χ0n) is 19.0. The number of allylic oxidation sites excluding steroid dienone is 1. The van der Waals surface area contributed by atoms with E-state index in [0.29, 0.717) is 18.4 Å². The second kappa shape index (κ2) is 8.67. The fraction of sp³-hybridized carbons (Fsp3) is 0.625. The van der Waals surface area contributed by atoms with Crippen LogP contribution >= 0.6 is 15.9 Å². The number of hydrogen-bond donors (Lipinski definition) is 3. The first-order chi connectivity index (χ1) is 15.5. The van der Waals surface area contributed by atoms with Crippen LogP contribution in [0.3, 0.4) is 0 Å². The number of carbonyl (C=O) groups is 1. The maximum atomic E-state index is 12.8. The van der Waals surface area contributed by atoms with E-state index >= 15 is 0 Å². The molecule has 0 radical (unpaired) electrons. The number of ether oxygens (including phenoxy) is 1. The van der Waals surface area contributed by atoms with E-state index in [-0.39, 0.29) is 34.9 Å². The van der Waals surface area contributed by atoms with Crippen molar-refractivity contribution in [3.8, 4) is 0 Å². The first-order valence-corrected chi connectivity index (χ1v) is 12.2. The molecule has 0 amide bonds. The molecule has 1 aromatic rings. The summed E-state index contributed by atoms with van der Waals surface area (Å²) in [4.78, 5) is 39.6. The average Bonchev–Trinajstić information content (AvgIpc) is 3.19. The Bertz CT molecular complexity index is 1120. The summed E-state index contributed by atoms with van der Waals surface area (Å²) in [7, 11) is 0. The van der Waals surface area contributed by atoms with Gasteiger partial charge in [-0.05, 0) is 71.4 Å². The molecule has 33 heavy (non-hydrogen) atoms. The number of rotatable bonds is 5. The maximum absolute atomic E-state index is 12.8. The van der Waals surface area contributed by atoms with Gasteiger partial charge in [0.1, 0.15) is 6.61 Å². The Hall–Kier alpha value is -1.97. The lowest BCUT2D eigenvalue weighted by molar-refractivity contribution is -0.153. The fourth-order valence-electron chi connectivity index (χ4n) is 6.59. The predicted octanol–water partition coefficient (Wildman–Crippen LogP) is 2.46. The quantitative estimate of drug-likeness (QED) is 0.403. The van der Waals surface area contributed by atoms with Gasteiger partial charge in [-0.15, -0.1) is 0 Å². The van der Waals surface area contributed by atoms with Crippen molar-refractivity contribution in [1.82, 2.24) is 9.55 Å². The average molecular weight is 523 g/mol. The van der Waals surface area contributed by atoms with E-state index in [1.54, 1.807) is 6.08 Å². The number of nitrogens with one attached hydrogen (secondary N) is 1. The Morgan fingerprint density at radius 3 is 2.70 bits per heavy atom. The number of aromatic amines is 1. The molecule has 3 aliphatic rings. The van der Waals surface area contributed by atoms with Gasteiger partial charge in [0.25, 0.3) is 5.56 Å². The van der Waals surface area contributed by atoms with Crippen molar-refractivity contribution >= 4 is 21.9 Å². The summed E-state index contributed by atoms with van der Waals surface area (Å²) in [6.45, 7) is 8.51. The highest BCUT2D eigenvalue weighted by atomic mass is 79.9. The molecule has 2 heterocycles. The molecule has 0 saturated heterocycles. The van der Waals surface area contributed by atoms with Crippen LogP contribution in [0, 0.1) is 22.7 Å². The zero-order chi connectivity index (χ0) is 24.1. The van der Waals surface area contributed by atoms with Crippen LogP contribution in [0.2, 0.25) is 0 Å². The van der Waals surface area contributed by atoms with Crippen LogP contribution in [0.1, 0.15) is 52.0 Å². The van der Waals surface area contributed by atoms with Gasteiger partial charge >= 0.3 is 11.7 Å². The number of nitrogens with zero attached hydrogens (tertiary/aromatic N) is 1. The lowest BCUT2D eigenvalue weighted by Gasteiger charge is -2.60. The van der Waals surface area contributed by atoms with Gasteiger partial charge in [-0.3, -0.25) is 14.3 Å². The van der Waals surface area contributed by atoms with Crippen molar-refractivity contribution < 1.29 is 19.7 Å². The lowest BCUT2D eigenvalue weighted by Crippen LogP contribution is -2.57. The number of esters is 1. The summed E-state index contributed by atoms with van der Waals surface area (Å²) < 4.78 is 6.73. The van der Waals surface area contributed by atoms with Crippen LogP contribution in [0.25, 0.3) is 0 Å². The predicted molar refractivity (Wildman–Crippen MR) is 126 cm³/mol. The fourth-order valence-corrected chi connectivity index (χ4v) is 6.91. The summed E-state index contributed by atoms with van der Waals surface area (Å²) >= 11 is 3.19. The summed E-state index contributed by atoms with van der Waals surface area (Å²) in [6, 6.07) is -0.648. The van der Waals surface area contributed by atoms with Crippen LogP contribution in [0.4, 0.5) is 0 Å². The number of hydrogen-bond acceptors (Lipinski definition) is 6. The molecule has 9 heteroatoms. The van der Waals surface area contributed by atoms with Gasteiger partial charge in [0.2, 0.25) is 0 Å². The van der Waals surface area contributed by atoms with Gasteiger partial charge in [0.05, 0.1) is 28.8 Å². The minimum Gasteiger partial charge on any atom is -0.458 e. The second-order valence-corrected chi connectivity index (χ2v) is 11.0. The van der Waals surface area contributed by atoms with Gasteiger partial charge in [-0.2, -0.15) is 0 Å². The van der Waals surface area contributed by atoms with Crippen LogP contribution in [-0.4, -0.2) is 45.1 Å². The van der Waals surface area contributed by atoms with E-state index in [1.807, 2.05) is 6.92 Å². The molecule has 3 N–H and O–H groups in total. The van der Waals surface area contributed by atoms with E-state index in [9.17, 15) is 24.6 Å². The Kier molecular flexibility index (Phi) is 6.35. The van der Waals surface area contributed by atoms with Crippen LogP contribution in [-0.2, 0) is 9.53 Å². The van der Waals surface area contributed by atoms with Gasteiger partial charge in [0, 0.05) is 11.6 Å². The van der Waals surface area contributed by atoms with Gasteiger partial charge in [-0.1, -0.05) is 26.0 Å². The minimum atomic E-state index is -0.648. The topological polar surface area (TPSA) is 122 Å². The van der Waals surface area contributed by atoms with Crippen LogP contribution < -0.4 is 11.2 Å². The molecule has 0 aromatic carbocycles. The molecule has 1 aromatic heterocycles. The molecule has 1 aliphatic heterocycles. The molecular formula is C24H31BrN2O6. The number of cyclic esters (lactones) is 1. The normalized spacial score (nSPS) is 35.1. The molecule has 2 fully saturated rings. The summed E-state index contributed by atoms with van der Waals surface area (Å²) in [5.74, 6) is -0.485. The monoisotopic (exact) mass is 522 g/mol. The highest BCUT2D eigenvalue weighted by molar-refractivity contribution is 9.10. The standard InChI is InChI=1S/C24H31BrN2O6/c1-13-4-5-18-23(2,8-6-19(29)24(18,3)12-28)15(13)10-17(14-7-9-33-21(14)31)27-11-16(25)20(30)26-22(27)32/h7,11,15,17-19,28-29H,1,4-6,8-10,12H2,2-3H3,(H,26,30,32). The van der Waals surface area contributed by atoms with Crippen molar-refractivity contribution in [2.24, 2.45) is 22.7 Å². The summed E-state index contributed by atoms with van der Waals surface area (Å²) in [6.07, 6.45) is 5.81. The molecule has 0 bridgehead atoms. The third-order valence-corrected chi connectivity index (χ3v) is 9.09. The first kappa shape index (κ1) is 24.2. The van der Waals surface area contributed by atoms with E-state index in [4.69, 9.17) is 4.74 Å². The van der Waals surface area contributed by atoms with Crippen molar-refractivity contribution in [2.45, 2.75) is 58.1 Å². The van der Waals surface area contributed by atoms with E-state index in [2.05, 4.69) is 34.4 Å². The molecule has 6 unspecified atom stereocenters. The number of aliphatic hydroxyl groups excluding tert-OH is 2. The molecule has 0 spiro atoms.